The molecule has 0 heterocycles. The Morgan fingerprint density at radius 2 is 1.84 bits per heavy atom. The Hall–Kier alpha value is -2.38. The predicted octanol–water partition coefficient (Wildman–Crippen LogP) is 2.04. The van der Waals surface area contributed by atoms with Crippen molar-refractivity contribution in [1.29, 1.82) is 0 Å². The van der Waals surface area contributed by atoms with E-state index in [1.807, 2.05) is 49.2 Å². The Morgan fingerprint density at radius 3 is 2.48 bits per heavy atom. The first-order chi connectivity index (χ1) is 11.8. The quantitative estimate of drug-likeness (QED) is 0.584. The molecule has 134 valence electrons. The first-order valence-electron chi connectivity index (χ1n) is 7.87. The van der Waals surface area contributed by atoms with E-state index in [1.54, 1.807) is 19.1 Å². The normalized spacial score (nSPS) is 11.7. The van der Waals surface area contributed by atoms with Gasteiger partial charge in [-0.25, -0.2) is 4.83 Å². The van der Waals surface area contributed by atoms with E-state index in [1.165, 1.54) is 6.21 Å². The minimum absolute atomic E-state index is 0.0832. The molecule has 2 aromatic rings. The zero-order valence-corrected chi connectivity index (χ0v) is 15.4. The SMILES string of the molecule is Cc1ccc(C)c(S(=O)(=O)N/N=C/c2ccc(N(C)CCO)cc2)c1. The number of likely N-dealkylation sites (N-methyl/N-ethyl adjacent to an activating group) is 1. The average Bonchev–Trinajstić information content (AvgIpc) is 2.57. The molecular formula is C18H23N3O3S. The lowest BCUT2D eigenvalue weighted by Gasteiger charge is -2.17. The number of aliphatic hydroxyl groups excluding tert-OH is 1. The zero-order chi connectivity index (χ0) is 18.4. The highest BCUT2D eigenvalue weighted by Gasteiger charge is 2.15. The lowest BCUT2D eigenvalue weighted by Crippen LogP contribution is -2.21. The third-order valence-corrected chi connectivity index (χ3v) is 5.15. The molecule has 0 saturated heterocycles. The van der Waals surface area contributed by atoms with Gasteiger partial charge in [-0.3, -0.25) is 0 Å². The van der Waals surface area contributed by atoms with Crippen LogP contribution in [0.4, 0.5) is 5.69 Å². The summed E-state index contributed by atoms with van der Waals surface area (Å²) < 4.78 is 24.7. The lowest BCUT2D eigenvalue weighted by atomic mass is 10.2. The third kappa shape index (κ3) is 5.04. The first-order valence-corrected chi connectivity index (χ1v) is 9.36. The molecule has 0 atom stereocenters. The zero-order valence-electron chi connectivity index (χ0n) is 14.6. The topological polar surface area (TPSA) is 82.0 Å². The van der Waals surface area contributed by atoms with Crippen molar-refractivity contribution < 1.29 is 13.5 Å². The van der Waals surface area contributed by atoms with Crippen LogP contribution in [0, 0.1) is 13.8 Å². The molecule has 25 heavy (non-hydrogen) atoms. The largest absolute Gasteiger partial charge is 0.395 e. The van der Waals surface area contributed by atoms with Gasteiger partial charge in [0.05, 0.1) is 17.7 Å². The number of benzene rings is 2. The van der Waals surface area contributed by atoms with E-state index in [4.69, 9.17) is 5.11 Å². The molecule has 0 amide bonds. The van der Waals surface area contributed by atoms with Crippen LogP contribution >= 0.6 is 0 Å². The molecule has 0 bridgehead atoms. The molecule has 2 N–H and O–H groups in total. The van der Waals surface area contributed by atoms with Crippen molar-refractivity contribution in [2.75, 3.05) is 25.1 Å². The number of sulfonamides is 1. The number of aliphatic hydroxyl groups is 1. The summed E-state index contributed by atoms with van der Waals surface area (Å²) in [7, 11) is -1.81. The fraction of sp³-hybridized carbons (Fsp3) is 0.278. The number of aryl methyl sites for hydroxylation is 2. The molecule has 0 aliphatic heterocycles. The summed E-state index contributed by atoms with van der Waals surface area (Å²) in [6.45, 7) is 4.22. The van der Waals surface area contributed by atoms with E-state index >= 15 is 0 Å². The molecule has 0 fully saturated rings. The van der Waals surface area contributed by atoms with Crippen molar-refractivity contribution in [1.82, 2.24) is 4.83 Å². The van der Waals surface area contributed by atoms with E-state index < -0.39 is 10.0 Å². The summed E-state index contributed by atoms with van der Waals surface area (Å²) in [6, 6.07) is 12.7. The van der Waals surface area contributed by atoms with Gasteiger partial charge >= 0.3 is 0 Å². The van der Waals surface area contributed by atoms with Crippen LogP contribution in [-0.2, 0) is 10.0 Å². The van der Waals surface area contributed by atoms with E-state index in [-0.39, 0.29) is 11.5 Å². The fourth-order valence-electron chi connectivity index (χ4n) is 2.31. The smallest absolute Gasteiger partial charge is 0.276 e. The Balaban J connectivity index is 2.08. The second kappa shape index (κ2) is 8.13. The van der Waals surface area contributed by atoms with Gasteiger partial charge in [-0.2, -0.15) is 13.5 Å². The number of hydrazone groups is 1. The van der Waals surface area contributed by atoms with Crippen LogP contribution in [-0.4, -0.2) is 39.9 Å². The summed E-state index contributed by atoms with van der Waals surface area (Å²) in [4.78, 5) is 4.40. The van der Waals surface area contributed by atoms with Crippen LogP contribution in [0.3, 0.4) is 0 Å². The van der Waals surface area contributed by atoms with Crippen LogP contribution in [0.15, 0.2) is 52.5 Å². The lowest BCUT2D eigenvalue weighted by molar-refractivity contribution is 0.304. The van der Waals surface area contributed by atoms with Crippen molar-refractivity contribution in [3.8, 4) is 0 Å². The number of anilines is 1. The molecule has 0 aliphatic rings. The molecule has 0 aliphatic carbocycles. The Kier molecular flexibility index (Phi) is 6.17. The molecule has 2 aromatic carbocycles. The summed E-state index contributed by atoms with van der Waals surface area (Å²) in [5.74, 6) is 0. The van der Waals surface area contributed by atoms with Crippen molar-refractivity contribution >= 4 is 21.9 Å². The van der Waals surface area contributed by atoms with Crippen LogP contribution in [0.1, 0.15) is 16.7 Å². The molecule has 2 rings (SSSR count). The van der Waals surface area contributed by atoms with Crippen LogP contribution in [0.5, 0.6) is 0 Å². The third-order valence-electron chi connectivity index (χ3n) is 3.79. The average molecular weight is 361 g/mol. The van der Waals surface area contributed by atoms with Gasteiger partial charge in [0.15, 0.2) is 0 Å². The minimum Gasteiger partial charge on any atom is -0.395 e. The maximum absolute atomic E-state index is 12.4. The number of hydrogen-bond donors (Lipinski definition) is 2. The number of nitrogens with zero attached hydrogens (tertiary/aromatic N) is 2. The Morgan fingerprint density at radius 1 is 1.16 bits per heavy atom. The minimum atomic E-state index is -3.70. The van der Waals surface area contributed by atoms with Gasteiger partial charge < -0.3 is 10.0 Å². The van der Waals surface area contributed by atoms with Crippen LogP contribution in [0.2, 0.25) is 0 Å². The van der Waals surface area contributed by atoms with Gasteiger partial charge in [-0.05, 0) is 48.7 Å². The van der Waals surface area contributed by atoms with Crippen molar-refractivity contribution in [3.63, 3.8) is 0 Å². The van der Waals surface area contributed by atoms with Gasteiger partial charge in [0.2, 0.25) is 0 Å². The Labute approximate surface area is 148 Å². The van der Waals surface area contributed by atoms with E-state index in [2.05, 4.69) is 9.93 Å². The first kappa shape index (κ1) is 19.0. The summed E-state index contributed by atoms with van der Waals surface area (Å²) in [5, 5.41) is 12.8. The van der Waals surface area contributed by atoms with Gasteiger partial charge in [0.25, 0.3) is 10.0 Å². The molecule has 0 unspecified atom stereocenters. The number of rotatable bonds is 7. The maximum atomic E-state index is 12.4. The van der Waals surface area contributed by atoms with Crippen molar-refractivity contribution in [2.45, 2.75) is 18.7 Å². The standard InChI is InChI=1S/C18H23N3O3S/c1-14-4-5-15(2)18(12-14)25(23,24)20-19-13-16-6-8-17(9-7-16)21(3)10-11-22/h4-9,12-13,20,22H,10-11H2,1-3H3/b19-13+. The van der Waals surface area contributed by atoms with Gasteiger partial charge in [0, 0.05) is 19.3 Å². The van der Waals surface area contributed by atoms with E-state index in [0.717, 1.165) is 16.8 Å². The highest BCUT2D eigenvalue weighted by molar-refractivity contribution is 7.89. The van der Waals surface area contributed by atoms with Gasteiger partial charge in [-0.1, -0.05) is 24.3 Å². The van der Waals surface area contributed by atoms with Crippen molar-refractivity contribution in [3.05, 3.63) is 59.2 Å². The monoisotopic (exact) mass is 361 g/mol. The molecule has 7 heteroatoms. The molecular weight excluding hydrogens is 338 g/mol. The molecule has 0 aromatic heterocycles. The van der Waals surface area contributed by atoms with Crippen molar-refractivity contribution in [2.24, 2.45) is 5.10 Å². The van der Waals surface area contributed by atoms with Gasteiger partial charge in [0.1, 0.15) is 0 Å². The highest BCUT2D eigenvalue weighted by atomic mass is 32.2. The van der Waals surface area contributed by atoms with Gasteiger partial charge in [-0.15, -0.1) is 0 Å². The van der Waals surface area contributed by atoms with Crippen LogP contribution in [0.25, 0.3) is 0 Å². The highest BCUT2D eigenvalue weighted by Crippen LogP contribution is 2.16. The predicted molar refractivity (Wildman–Crippen MR) is 101 cm³/mol. The van der Waals surface area contributed by atoms with E-state index in [0.29, 0.717) is 12.1 Å². The fourth-order valence-corrected chi connectivity index (χ4v) is 3.43. The summed E-state index contributed by atoms with van der Waals surface area (Å²) in [5.41, 5.74) is 3.27. The summed E-state index contributed by atoms with van der Waals surface area (Å²) in [6.07, 6.45) is 1.46. The molecule has 0 saturated carbocycles. The number of hydrogen-bond acceptors (Lipinski definition) is 5. The maximum Gasteiger partial charge on any atom is 0.276 e. The molecule has 6 nitrogen and oxygen atoms in total. The molecule has 0 radical (unpaired) electrons. The van der Waals surface area contributed by atoms with Crippen LogP contribution < -0.4 is 9.73 Å². The summed E-state index contributed by atoms with van der Waals surface area (Å²) >= 11 is 0. The second-order valence-electron chi connectivity index (χ2n) is 5.86. The second-order valence-corrected chi connectivity index (χ2v) is 7.49. The molecule has 0 spiro atoms. The van der Waals surface area contributed by atoms with E-state index in [9.17, 15) is 8.42 Å². The Bertz CT molecular complexity index is 846. The number of nitrogens with one attached hydrogen (secondary N) is 1.